The Morgan fingerprint density at radius 1 is 0.300 bits per heavy atom. The van der Waals surface area contributed by atoms with Gasteiger partial charge in [-0.25, -0.2) is 9.97 Å². The van der Waals surface area contributed by atoms with Crippen molar-refractivity contribution in [2.24, 2.45) is 0 Å². The summed E-state index contributed by atoms with van der Waals surface area (Å²) < 4.78 is 0. The zero-order valence-electron chi connectivity index (χ0n) is 27.2. The third kappa shape index (κ3) is 4.65. The molecule has 0 saturated heterocycles. The number of hydrogen-bond donors (Lipinski definition) is 0. The van der Waals surface area contributed by atoms with Crippen LogP contribution in [0.4, 0.5) is 0 Å². The molecule has 0 spiro atoms. The summed E-state index contributed by atoms with van der Waals surface area (Å²) >= 11 is 0. The summed E-state index contributed by atoms with van der Waals surface area (Å²) in [5, 5.41) is 12.1. The van der Waals surface area contributed by atoms with Crippen molar-refractivity contribution in [3.63, 3.8) is 0 Å². The maximum absolute atomic E-state index is 5.41. The maximum Gasteiger partial charge on any atom is 0.160 e. The van der Waals surface area contributed by atoms with Crippen molar-refractivity contribution < 1.29 is 0 Å². The summed E-state index contributed by atoms with van der Waals surface area (Å²) in [5.41, 5.74) is 7.37. The first-order chi connectivity index (χ1) is 24.8. The highest BCUT2D eigenvalue weighted by atomic mass is 14.9. The Morgan fingerprint density at radius 2 is 0.880 bits per heavy atom. The Balaban J connectivity index is 1.29. The van der Waals surface area contributed by atoms with Gasteiger partial charge in [0.1, 0.15) is 0 Å². The van der Waals surface area contributed by atoms with Gasteiger partial charge in [0, 0.05) is 16.7 Å². The van der Waals surface area contributed by atoms with Crippen LogP contribution in [0.5, 0.6) is 0 Å². The van der Waals surface area contributed by atoms with Crippen molar-refractivity contribution in [1.82, 2.24) is 9.97 Å². The molecule has 10 aromatic rings. The van der Waals surface area contributed by atoms with Gasteiger partial charge in [-0.1, -0.05) is 170 Å². The fourth-order valence-corrected chi connectivity index (χ4v) is 7.65. The molecular formula is C48H30N2. The van der Waals surface area contributed by atoms with Gasteiger partial charge in [-0.05, 0) is 77.1 Å². The fourth-order valence-electron chi connectivity index (χ4n) is 7.65. The number of aromatic nitrogens is 2. The number of rotatable bonds is 4. The van der Waals surface area contributed by atoms with Gasteiger partial charge in [-0.3, -0.25) is 0 Å². The molecule has 0 N–H and O–H groups in total. The lowest BCUT2D eigenvalue weighted by atomic mass is 9.91. The standard InChI is InChI=1S/C48H30N2/c1-2-11-31(12-3-1)32-21-25-36(26-22-32)48-49-44(42-20-10-16-35-24-23-34-14-5-8-18-39(34)46(35)42)30-45(50-48)47-40-19-9-6-15-37(40)29-43-38-17-7-4-13-33(38)27-28-41(43)47/h1-30H. The Labute approximate surface area is 290 Å². The second-order valence-corrected chi connectivity index (χ2v) is 13.0. The zero-order valence-corrected chi connectivity index (χ0v) is 27.2. The minimum Gasteiger partial charge on any atom is -0.228 e. The molecule has 0 unspecified atom stereocenters. The van der Waals surface area contributed by atoms with Crippen LogP contribution in [0.15, 0.2) is 182 Å². The molecule has 2 nitrogen and oxygen atoms in total. The van der Waals surface area contributed by atoms with E-state index >= 15 is 0 Å². The maximum atomic E-state index is 5.41. The van der Waals surface area contributed by atoms with Gasteiger partial charge in [0.05, 0.1) is 11.4 Å². The van der Waals surface area contributed by atoms with E-state index in [0.29, 0.717) is 5.82 Å². The first-order valence-electron chi connectivity index (χ1n) is 17.1. The van der Waals surface area contributed by atoms with E-state index in [-0.39, 0.29) is 0 Å². The van der Waals surface area contributed by atoms with Crippen LogP contribution in [-0.4, -0.2) is 9.97 Å². The highest BCUT2D eigenvalue weighted by Crippen LogP contribution is 2.41. The van der Waals surface area contributed by atoms with Gasteiger partial charge in [-0.15, -0.1) is 0 Å². The van der Waals surface area contributed by atoms with Crippen LogP contribution in [0.25, 0.3) is 98.9 Å². The molecule has 232 valence electrons. The topological polar surface area (TPSA) is 25.8 Å². The van der Waals surface area contributed by atoms with Crippen molar-refractivity contribution in [3.05, 3.63) is 182 Å². The Hall–Kier alpha value is -6.64. The molecule has 0 radical (unpaired) electrons. The van der Waals surface area contributed by atoms with Crippen molar-refractivity contribution >= 4 is 53.9 Å². The molecule has 10 rings (SSSR count). The quantitative estimate of drug-likeness (QED) is 0.142. The van der Waals surface area contributed by atoms with E-state index in [2.05, 4.69) is 182 Å². The second-order valence-electron chi connectivity index (χ2n) is 13.0. The lowest BCUT2D eigenvalue weighted by Gasteiger charge is -2.16. The fraction of sp³-hybridized carbons (Fsp3) is 0. The third-order valence-corrected chi connectivity index (χ3v) is 10.0. The van der Waals surface area contributed by atoms with E-state index in [1.165, 1.54) is 59.4 Å². The van der Waals surface area contributed by atoms with Crippen molar-refractivity contribution in [2.45, 2.75) is 0 Å². The molecule has 0 saturated carbocycles. The van der Waals surface area contributed by atoms with Crippen molar-refractivity contribution in [2.75, 3.05) is 0 Å². The van der Waals surface area contributed by atoms with Crippen LogP contribution >= 0.6 is 0 Å². The Morgan fingerprint density at radius 3 is 1.70 bits per heavy atom. The van der Waals surface area contributed by atoms with Crippen LogP contribution in [0.1, 0.15) is 0 Å². The summed E-state index contributed by atoms with van der Waals surface area (Å²) in [4.78, 5) is 10.8. The average molecular weight is 635 g/mol. The molecule has 1 heterocycles. The van der Waals surface area contributed by atoms with Gasteiger partial charge in [0.25, 0.3) is 0 Å². The van der Waals surface area contributed by atoms with Crippen molar-refractivity contribution in [1.29, 1.82) is 0 Å². The second kappa shape index (κ2) is 11.5. The number of nitrogens with zero attached hydrogens (tertiary/aromatic N) is 2. The lowest BCUT2D eigenvalue weighted by molar-refractivity contribution is 1.19. The molecule has 0 bridgehead atoms. The number of hydrogen-bond acceptors (Lipinski definition) is 2. The normalized spacial score (nSPS) is 11.6. The summed E-state index contributed by atoms with van der Waals surface area (Å²) in [7, 11) is 0. The molecule has 2 heteroatoms. The summed E-state index contributed by atoms with van der Waals surface area (Å²) in [5.74, 6) is 0.705. The summed E-state index contributed by atoms with van der Waals surface area (Å²) in [6.07, 6.45) is 0. The van der Waals surface area contributed by atoms with Gasteiger partial charge < -0.3 is 0 Å². The highest BCUT2D eigenvalue weighted by Gasteiger charge is 2.18. The van der Waals surface area contributed by atoms with E-state index < -0.39 is 0 Å². The molecule has 0 fully saturated rings. The first kappa shape index (κ1) is 28.4. The molecule has 0 atom stereocenters. The van der Waals surface area contributed by atoms with Crippen LogP contribution in [0.3, 0.4) is 0 Å². The van der Waals surface area contributed by atoms with Crippen LogP contribution < -0.4 is 0 Å². The molecule has 0 aliphatic rings. The van der Waals surface area contributed by atoms with Crippen LogP contribution in [0.2, 0.25) is 0 Å². The molecule has 1 aromatic heterocycles. The Bertz CT molecular complexity index is 2910. The van der Waals surface area contributed by atoms with E-state index in [1.54, 1.807) is 0 Å². The minimum absolute atomic E-state index is 0.705. The molecule has 0 aliphatic carbocycles. The van der Waals surface area contributed by atoms with Gasteiger partial charge >= 0.3 is 0 Å². The van der Waals surface area contributed by atoms with Gasteiger partial charge in [-0.2, -0.15) is 0 Å². The monoisotopic (exact) mass is 634 g/mol. The molecule has 50 heavy (non-hydrogen) atoms. The van der Waals surface area contributed by atoms with Crippen LogP contribution in [-0.2, 0) is 0 Å². The highest BCUT2D eigenvalue weighted by molar-refractivity contribution is 6.20. The molecule has 9 aromatic carbocycles. The largest absolute Gasteiger partial charge is 0.228 e. The summed E-state index contributed by atoms with van der Waals surface area (Å²) in [6, 6.07) is 65.1. The van der Waals surface area contributed by atoms with E-state index in [0.717, 1.165) is 33.6 Å². The van der Waals surface area contributed by atoms with E-state index in [1.807, 2.05) is 0 Å². The number of benzene rings is 9. The average Bonchev–Trinajstić information content (AvgIpc) is 3.20. The molecule has 0 aliphatic heterocycles. The minimum atomic E-state index is 0.705. The number of fused-ring (bicyclic) bond motifs is 7. The van der Waals surface area contributed by atoms with Crippen LogP contribution in [0, 0.1) is 0 Å². The predicted octanol–water partition coefficient (Wildman–Crippen LogP) is 12.9. The lowest BCUT2D eigenvalue weighted by Crippen LogP contribution is -1.98. The van der Waals surface area contributed by atoms with E-state index in [9.17, 15) is 0 Å². The summed E-state index contributed by atoms with van der Waals surface area (Å²) in [6.45, 7) is 0. The third-order valence-electron chi connectivity index (χ3n) is 10.0. The predicted molar refractivity (Wildman–Crippen MR) is 211 cm³/mol. The van der Waals surface area contributed by atoms with E-state index in [4.69, 9.17) is 9.97 Å². The van der Waals surface area contributed by atoms with Gasteiger partial charge in [0.15, 0.2) is 5.82 Å². The smallest absolute Gasteiger partial charge is 0.160 e. The first-order valence-corrected chi connectivity index (χ1v) is 17.1. The Kier molecular flexibility index (Phi) is 6.53. The molecule has 0 amide bonds. The SMILES string of the molecule is c1ccc(-c2ccc(-c3nc(-c4c5ccccc5cc5c4ccc4ccccc45)cc(-c4cccc5ccc6ccccc6c45)n3)cc2)cc1. The van der Waals surface area contributed by atoms with Crippen molar-refractivity contribution in [3.8, 4) is 45.0 Å². The van der Waals surface area contributed by atoms with Gasteiger partial charge in [0.2, 0.25) is 0 Å². The zero-order chi connectivity index (χ0) is 33.0. The molecular weight excluding hydrogens is 605 g/mol.